The van der Waals surface area contributed by atoms with Gasteiger partial charge in [0.15, 0.2) is 15.0 Å². The molecule has 2 aliphatic heterocycles. The van der Waals surface area contributed by atoms with Gasteiger partial charge in [0.25, 0.3) is 5.91 Å². The number of benzene rings is 2. The number of rotatable bonds is 5. The normalized spacial score (nSPS) is 23.9. The number of thioether (sulfide) groups is 1. The number of sulfone groups is 1. The van der Waals surface area contributed by atoms with Crippen molar-refractivity contribution < 1.29 is 17.9 Å². The fraction of sp³-hybridized carbons (Fsp3) is 0.333. The summed E-state index contributed by atoms with van der Waals surface area (Å²) in [7, 11) is -1.42. The lowest BCUT2D eigenvalue weighted by Crippen LogP contribution is -2.39. The standard InChI is InChI=1S/C21H22N2O4S2/c1-27-17-9-7-15(8-10-17)11-12-23-18-13-29(25,26)14-19(18)28-21(23)22-20(24)16-5-3-2-4-6-16/h2-10,18-19H,11-14H2,1H3/t18-,19+/m0/s1. The van der Waals surface area contributed by atoms with Crippen molar-refractivity contribution >= 4 is 32.7 Å². The topological polar surface area (TPSA) is 76.0 Å². The summed E-state index contributed by atoms with van der Waals surface area (Å²) in [5.74, 6) is 0.750. The number of hydrogen-bond acceptors (Lipinski definition) is 5. The van der Waals surface area contributed by atoms with Crippen molar-refractivity contribution in [1.29, 1.82) is 0 Å². The quantitative estimate of drug-likeness (QED) is 0.726. The first kappa shape index (κ1) is 20.0. The summed E-state index contributed by atoms with van der Waals surface area (Å²) in [6.45, 7) is 0.608. The zero-order chi connectivity index (χ0) is 20.4. The van der Waals surface area contributed by atoms with E-state index in [9.17, 15) is 13.2 Å². The van der Waals surface area contributed by atoms with Crippen LogP contribution in [0.25, 0.3) is 0 Å². The number of carbonyl (C=O) groups is 1. The second kappa shape index (κ2) is 8.20. The molecule has 1 amide bonds. The molecule has 0 aliphatic carbocycles. The van der Waals surface area contributed by atoms with Gasteiger partial charge in [0, 0.05) is 17.4 Å². The maximum absolute atomic E-state index is 12.6. The number of carbonyl (C=O) groups excluding carboxylic acids is 1. The van der Waals surface area contributed by atoms with Crippen LogP contribution in [-0.2, 0) is 16.3 Å². The van der Waals surface area contributed by atoms with Crippen LogP contribution in [0, 0.1) is 0 Å². The third kappa shape index (κ3) is 4.48. The van der Waals surface area contributed by atoms with Crippen LogP contribution in [-0.4, -0.2) is 60.8 Å². The third-order valence-electron chi connectivity index (χ3n) is 5.19. The van der Waals surface area contributed by atoms with Gasteiger partial charge >= 0.3 is 0 Å². The van der Waals surface area contributed by atoms with Gasteiger partial charge in [-0.15, -0.1) is 0 Å². The summed E-state index contributed by atoms with van der Waals surface area (Å²) in [4.78, 5) is 18.9. The molecule has 0 unspecified atom stereocenters. The molecule has 152 valence electrons. The Balaban J connectivity index is 1.55. The van der Waals surface area contributed by atoms with E-state index in [1.165, 1.54) is 11.8 Å². The maximum atomic E-state index is 12.6. The van der Waals surface area contributed by atoms with Crippen LogP contribution in [0.4, 0.5) is 0 Å². The van der Waals surface area contributed by atoms with E-state index in [2.05, 4.69) is 4.99 Å². The van der Waals surface area contributed by atoms with Gasteiger partial charge < -0.3 is 9.64 Å². The Morgan fingerprint density at radius 2 is 1.86 bits per heavy atom. The van der Waals surface area contributed by atoms with Crippen LogP contribution in [0.2, 0.25) is 0 Å². The highest BCUT2D eigenvalue weighted by molar-refractivity contribution is 8.15. The van der Waals surface area contributed by atoms with Crippen molar-refractivity contribution in [2.24, 2.45) is 4.99 Å². The van der Waals surface area contributed by atoms with Crippen molar-refractivity contribution in [3.05, 3.63) is 65.7 Å². The molecule has 0 radical (unpaired) electrons. The van der Waals surface area contributed by atoms with Crippen LogP contribution >= 0.6 is 11.8 Å². The lowest BCUT2D eigenvalue weighted by molar-refractivity contribution is 0.100. The summed E-state index contributed by atoms with van der Waals surface area (Å²) < 4.78 is 29.4. The summed E-state index contributed by atoms with van der Waals surface area (Å²) in [6.07, 6.45) is 0.729. The Kier molecular flexibility index (Phi) is 5.65. The molecular weight excluding hydrogens is 408 g/mol. The lowest BCUT2D eigenvalue weighted by Gasteiger charge is -2.24. The summed E-state index contributed by atoms with van der Waals surface area (Å²) in [5.41, 5.74) is 1.65. The van der Waals surface area contributed by atoms with Gasteiger partial charge in [-0.2, -0.15) is 4.99 Å². The fourth-order valence-corrected chi connectivity index (χ4v) is 7.65. The Bertz CT molecular complexity index is 1020. The van der Waals surface area contributed by atoms with E-state index in [-0.39, 0.29) is 28.7 Å². The predicted molar refractivity (Wildman–Crippen MR) is 115 cm³/mol. The molecule has 8 heteroatoms. The lowest BCUT2D eigenvalue weighted by atomic mass is 10.1. The maximum Gasteiger partial charge on any atom is 0.279 e. The Hall–Kier alpha value is -2.32. The van der Waals surface area contributed by atoms with Crippen LogP contribution in [0.1, 0.15) is 15.9 Å². The van der Waals surface area contributed by atoms with Crippen LogP contribution < -0.4 is 4.74 Å². The van der Waals surface area contributed by atoms with Crippen molar-refractivity contribution in [3.8, 4) is 5.75 Å². The van der Waals surface area contributed by atoms with Gasteiger partial charge in [-0.25, -0.2) is 8.42 Å². The number of aliphatic imine (C=N–C) groups is 1. The average Bonchev–Trinajstić information content (AvgIpc) is 3.18. The number of fused-ring (bicyclic) bond motifs is 1. The van der Waals surface area contributed by atoms with E-state index in [1.807, 2.05) is 35.2 Å². The minimum absolute atomic E-state index is 0.0711. The van der Waals surface area contributed by atoms with Crippen LogP contribution in [0.3, 0.4) is 0 Å². The molecule has 2 atom stereocenters. The van der Waals surface area contributed by atoms with Crippen LogP contribution in [0.15, 0.2) is 59.6 Å². The van der Waals surface area contributed by atoms with Crippen molar-refractivity contribution in [3.63, 3.8) is 0 Å². The number of hydrogen-bond donors (Lipinski definition) is 0. The molecule has 2 fully saturated rings. The Morgan fingerprint density at radius 1 is 1.14 bits per heavy atom. The number of amidine groups is 1. The summed E-state index contributed by atoms with van der Waals surface area (Å²) in [6, 6.07) is 16.6. The zero-order valence-corrected chi connectivity index (χ0v) is 17.7. The van der Waals surface area contributed by atoms with Gasteiger partial charge in [0.2, 0.25) is 0 Å². The molecule has 0 aromatic heterocycles. The molecule has 0 saturated carbocycles. The highest BCUT2D eigenvalue weighted by Gasteiger charge is 2.48. The first-order chi connectivity index (χ1) is 13.9. The average molecular weight is 431 g/mol. The van der Waals surface area contributed by atoms with Gasteiger partial charge in [-0.3, -0.25) is 4.79 Å². The Labute approximate surface area is 174 Å². The SMILES string of the molecule is COc1ccc(CCN2C(=NC(=O)c3ccccc3)S[C@@H]3CS(=O)(=O)C[C@@H]32)cc1. The van der Waals surface area contributed by atoms with Crippen molar-refractivity contribution in [2.75, 3.05) is 25.2 Å². The molecule has 6 nitrogen and oxygen atoms in total. The molecule has 2 saturated heterocycles. The predicted octanol–water partition coefficient (Wildman–Crippen LogP) is 2.65. The van der Waals surface area contributed by atoms with E-state index in [4.69, 9.17) is 4.74 Å². The fourth-order valence-electron chi connectivity index (χ4n) is 3.67. The summed E-state index contributed by atoms with van der Waals surface area (Å²) >= 11 is 1.41. The van der Waals surface area contributed by atoms with E-state index in [0.29, 0.717) is 17.3 Å². The number of methoxy groups -OCH3 is 1. The molecule has 2 aliphatic rings. The van der Waals surface area contributed by atoms with Crippen molar-refractivity contribution in [2.45, 2.75) is 17.7 Å². The van der Waals surface area contributed by atoms with Crippen LogP contribution in [0.5, 0.6) is 5.75 Å². The molecule has 0 spiro atoms. The van der Waals surface area contributed by atoms with E-state index >= 15 is 0 Å². The van der Waals surface area contributed by atoms with Gasteiger partial charge in [-0.1, -0.05) is 42.1 Å². The minimum Gasteiger partial charge on any atom is -0.497 e. The van der Waals surface area contributed by atoms with Gasteiger partial charge in [-0.05, 0) is 36.2 Å². The number of nitrogens with zero attached hydrogens (tertiary/aromatic N) is 2. The second-order valence-corrected chi connectivity index (χ2v) is 10.5. The molecule has 4 rings (SSSR count). The summed E-state index contributed by atoms with van der Waals surface area (Å²) in [5, 5.41) is 0.551. The largest absolute Gasteiger partial charge is 0.497 e. The van der Waals surface area contributed by atoms with Gasteiger partial charge in [0.1, 0.15) is 5.75 Å². The molecule has 2 aromatic carbocycles. The first-order valence-corrected chi connectivity index (χ1v) is 12.1. The molecule has 0 bridgehead atoms. The molecule has 2 aromatic rings. The first-order valence-electron chi connectivity index (χ1n) is 9.40. The van der Waals surface area contributed by atoms with Gasteiger partial charge in [0.05, 0.1) is 24.7 Å². The Morgan fingerprint density at radius 3 is 2.55 bits per heavy atom. The van der Waals surface area contributed by atoms with Crippen molar-refractivity contribution in [1.82, 2.24) is 4.90 Å². The third-order valence-corrected chi connectivity index (χ3v) is 8.44. The van der Waals surface area contributed by atoms with E-state index < -0.39 is 9.84 Å². The smallest absolute Gasteiger partial charge is 0.279 e. The molecule has 29 heavy (non-hydrogen) atoms. The highest BCUT2D eigenvalue weighted by Crippen LogP contribution is 2.38. The molecule has 0 N–H and O–H groups in total. The number of amides is 1. The second-order valence-electron chi connectivity index (χ2n) is 7.16. The van der Waals surface area contributed by atoms with E-state index in [1.54, 1.807) is 31.4 Å². The minimum atomic E-state index is -3.05. The highest BCUT2D eigenvalue weighted by atomic mass is 32.2. The zero-order valence-electron chi connectivity index (χ0n) is 16.0. The molecular formula is C21H22N2O4S2. The molecule has 2 heterocycles. The number of ether oxygens (including phenoxy) is 1. The monoisotopic (exact) mass is 430 g/mol. The van der Waals surface area contributed by atoms with E-state index in [0.717, 1.165) is 17.7 Å².